The van der Waals surface area contributed by atoms with Crippen molar-refractivity contribution in [2.45, 2.75) is 13.0 Å². The van der Waals surface area contributed by atoms with Crippen molar-refractivity contribution in [3.63, 3.8) is 0 Å². The Kier molecular flexibility index (Phi) is 3.99. The highest BCUT2D eigenvalue weighted by Crippen LogP contribution is 2.18. The van der Waals surface area contributed by atoms with E-state index in [0.717, 1.165) is 10.9 Å². The largest absolute Gasteiger partial charge is 0.478 e. The normalized spacial score (nSPS) is 12.1. The molecule has 0 saturated heterocycles. The molecule has 2 heterocycles. The minimum Gasteiger partial charge on any atom is -0.478 e. The summed E-state index contributed by atoms with van der Waals surface area (Å²) in [5, 5.41) is 12.9. The molecule has 0 bridgehead atoms. The summed E-state index contributed by atoms with van der Waals surface area (Å²) in [4.78, 5) is 31.3. The summed E-state index contributed by atoms with van der Waals surface area (Å²) < 4.78 is 1.47. The zero-order valence-electron chi connectivity index (χ0n) is 13.2. The number of nitrogens with zero attached hydrogens (tertiary/aromatic N) is 3. The van der Waals surface area contributed by atoms with Crippen molar-refractivity contribution in [1.82, 2.24) is 14.5 Å². The summed E-state index contributed by atoms with van der Waals surface area (Å²) >= 11 is 0. The van der Waals surface area contributed by atoms with Gasteiger partial charge in [-0.3, -0.25) is 9.36 Å². The summed E-state index contributed by atoms with van der Waals surface area (Å²) in [7, 11) is 1.66. The number of carboxylic acid groups (broad SMARTS) is 1. The van der Waals surface area contributed by atoms with E-state index in [1.807, 2.05) is 6.92 Å². The molecule has 0 radical (unpaired) electrons. The number of pyridine rings is 1. The highest BCUT2D eigenvalue weighted by molar-refractivity contribution is 5.87. The van der Waals surface area contributed by atoms with E-state index in [4.69, 9.17) is 5.11 Å². The predicted molar refractivity (Wildman–Crippen MR) is 90.2 cm³/mol. The van der Waals surface area contributed by atoms with Gasteiger partial charge in [-0.05, 0) is 30.7 Å². The van der Waals surface area contributed by atoms with Crippen LogP contribution < -0.4 is 10.9 Å². The van der Waals surface area contributed by atoms with Crippen LogP contribution in [0.15, 0.2) is 47.4 Å². The first-order chi connectivity index (χ1) is 11.5. The fraction of sp³-hybridized carbons (Fsp3) is 0.176. The molecule has 1 atom stereocenters. The van der Waals surface area contributed by atoms with Gasteiger partial charge in [0.25, 0.3) is 5.56 Å². The number of carboxylic acids is 1. The van der Waals surface area contributed by atoms with Crippen LogP contribution in [0.2, 0.25) is 0 Å². The Hall–Kier alpha value is -3.22. The van der Waals surface area contributed by atoms with Crippen LogP contribution in [0, 0.1) is 0 Å². The van der Waals surface area contributed by atoms with Crippen molar-refractivity contribution in [3.8, 4) is 0 Å². The molecule has 24 heavy (non-hydrogen) atoms. The van der Waals surface area contributed by atoms with E-state index >= 15 is 0 Å². The molecule has 0 spiro atoms. The summed E-state index contributed by atoms with van der Waals surface area (Å²) in [6.45, 7) is 1.92. The van der Waals surface area contributed by atoms with Crippen molar-refractivity contribution in [2.75, 3.05) is 5.32 Å². The average Bonchev–Trinajstić information content (AvgIpc) is 2.58. The predicted octanol–water partition coefficient (Wildman–Crippen LogP) is 2.20. The second kappa shape index (κ2) is 6.11. The third-order valence-corrected chi connectivity index (χ3v) is 3.85. The number of fused-ring (bicyclic) bond motifs is 1. The number of hydrogen-bond acceptors (Lipinski definition) is 5. The van der Waals surface area contributed by atoms with Gasteiger partial charge in [0, 0.05) is 24.7 Å². The number of carbonyl (C=O) groups is 1. The zero-order valence-corrected chi connectivity index (χ0v) is 13.2. The minimum absolute atomic E-state index is 0.119. The van der Waals surface area contributed by atoms with Gasteiger partial charge >= 0.3 is 5.97 Å². The number of aryl methyl sites for hydroxylation is 1. The summed E-state index contributed by atoms with van der Waals surface area (Å²) in [5.41, 5.74) is 1.56. The van der Waals surface area contributed by atoms with E-state index in [-0.39, 0.29) is 17.2 Å². The Bertz CT molecular complexity index is 964. The van der Waals surface area contributed by atoms with Gasteiger partial charge < -0.3 is 10.4 Å². The SMILES string of the molecule is C[C@H](Nc1ncc2ccc(=O)n(C)c2n1)c1ccc(C(=O)O)cc1. The van der Waals surface area contributed by atoms with E-state index in [1.54, 1.807) is 43.6 Å². The highest BCUT2D eigenvalue weighted by Gasteiger charge is 2.10. The molecule has 122 valence electrons. The maximum Gasteiger partial charge on any atom is 0.335 e. The number of anilines is 1. The Labute approximate surface area is 137 Å². The lowest BCUT2D eigenvalue weighted by Gasteiger charge is -2.15. The number of hydrogen-bond donors (Lipinski definition) is 2. The molecule has 0 saturated carbocycles. The minimum atomic E-state index is -0.957. The van der Waals surface area contributed by atoms with Crippen LogP contribution in [-0.4, -0.2) is 25.6 Å². The van der Waals surface area contributed by atoms with Crippen molar-refractivity contribution >= 4 is 23.0 Å². The molecule has 0 amide bonds. The topological polar surface area (TPSA) is 97.1 Å². The first-order valence-corrected chi connectivity index (χ1v) is 7.38. The fourth-order valence-electron chi connectivity index (χ4n) is 2.41. The Morgan fingerprint density at radius 1 is 1.21 bits per heavy atom. The molecule has 0 unspecified atom stereocenters. The average molecular weight is 324 g/mol. The third-order valence-electron chi connectivity index (χ3n) is 3.85. The molecule has 3 rings (SSSR count). The van der Waals surface area contributed by atoms with Crippen LogP contribution in [0.3, 0.4) is 0 Å². The second-order valence-corrected chi connectivity index (χ2v) is 5.50. The zero-order chi connectivity index (χ0) is 17.3. The molecule has 1 aromatic carbocycles. The molecule has 7 nitrogen and oxygen atoms in total. The lowest BCUT2D eigenvalue weighted by Crippen LogP contribution is -2.17. The lowest BCUT2D eigenvalue weighted by atomic mass is 10.1. The summed E-state index contributed by atoms with van der Waals surface area (Å²) in [5.74, 6) is -0.556. The van der Waals surface area contributed by atoms with Gasteiger partial charge in [0.2, 0.25) is 5.95 Å². The number of aromatic carboxylic acids is 1. The standard InChI is InChI=1S/C17H16N4O3/c1-10(11-3-5-12(6-4-11)16(23)24)19-17-18-9-13-7-8-14(22)21(2)15(13)20-17/h3-10H,1-2H3,(H,23,24)(H,18,19,20)/t10-/m0/s1. The molecule has 0 aliphatic heterocycles. The van der Waals surface area contributed by atoms with Crippen LogP contribution in [0.1, 0.15) is 28.9 Å². The van der Waals surface area contributed by atoms with Gasteiger partial charge in [0.05, 0.1) is 11.6 Å². The maximum atomic E-state index is 11.7. The van der Waals surface area contributed by atoms with Gasteiger partial charge in [-0.15, -0.1) is 0 Å². The van der Waals surface area contributed by atoms with E-state index in [1.165, 1.54) is 10.6 Å². The molecule has 0 aliphatic rings. The lowest BCUT2D eigenvalue weighted by molar-refractivity contribution is 0.0697. The van der Waals surface area contributed by atoms with Crippen LogP contribution >= 0.6 is 0 Å². The van der Waals surface area contributed by atoms with Gasteiger partial charge in [-0.25, -0.2) is 9.78 Å². The molecule has 0 aliphatic carbocycles. The monoisotopic (exact) mass is 324 g/mol. The highest BCUT2D eigenvalue weighted by atomic mass is 16.4. The maximum absolute atomic E-state index is 11.7. The van der Waals surface area contributed by atoms with Crippen molar-refractivity contribution in [1.29, 1.82) is 0 Å². The van der Waals surface area contributed by atoms with Gasteiger partial charge in [-0.1, -0.05) is 12.1 Å². The van der Waals surface area contributed by atoms with E-state index in [9.17, 15) is 9.59 Å². The van der Waals surface area contributed by atoms with Gasteiger partial charge in [0.1, 0.15) is 5.65 Å². The fourth-order valence-corrected chi connectivity index (χ4v) is 2.41. The number of rotatable bonds is 4. The molecule has 3 aromatic rings. The van der Waals surface area contributed by atoms with Crippen molar-refractivity contribution < 1.29 is 9.90 Å². The second-order valence-electron chi connectivity index (χ2n) is 5.50. The number of aromatic nitrogens is 3. The molecule has 2 aromatic heterocycles. The Morgan fingerprint density at radius 2 is 1.92 bits per heavy atom. The quantitative estimate of drug-likeness (QED) is 0.763. The first kappa shape index (κ1) is 15.7. The van der Waals surface area contributed by atoms with Crippen LogP contribution in [-0.2, 0) is 7.05 Å². The van der Waals surface area contributed by atoms with E-state index in [2.05, 4.69) is 15.3 Å². The molecule has 2 N–H and O–H groups in total. The van der Waals surface area contributed by atoms with Crippen molar-refractivity contribution in [3.05, 3.63) is 64.1 Å². The third kappa shape index (κ3) is 2.96. The van der Waals surface area contributed by atoms with Gasteiger partial charge in [-0.2, -0.15) is 4.98 Å². The molecular formula is C17H16N4O3. The summed E-state index contributed by atoms with van der Waals surface area (Å²) in [6, 6.07) is 9.66. The number of nitrogens with one attached hydrogen (secondary N) is 1. The van der Waals surface area contributed by atoms with E-state index < -0.39 is 5.97 Å². The molecule has 7 heteroatoms. The van der Waals surface area contributed by atoms with Crippen LogP contribution in [0.4, 0.5) is 5.95 Å². The van der Waals surface area contributed by atoms with Crippen molar-refractivity contribution in [2.24, 2.45) is 7.05 Å². The Morgan fingerprint density at radius 3 is 2.58 bits per heavy atom. The summed E-state index contributed by atoms with van der Waals surface area (Å²) in [6.07, 6.45) is 1.66. The Balaban J connectivity index is 1.87. The van der Waals surface area contributed by atoms with E-state index in [0.29, 0.717) is 11.6 Å². The molecule has 0 fully saturated rings. The smallest absolute Gasteiger partial charge is 0.335 e. The number of benzene rings is 1. The van der Waals surface area contributed by atoms with Gasteiger partial charge in [0.15, 0.2) is 0 Å². The first-order valence-electron chi connectivity index (χ1n) is 7.38. The van der Waals surface area contributed by atoms with Crippen LogP contribution in [0.25, 0.3) is 11.0 Å². The van der Waals surface area contributed by atoms with Crippen LogP contribution in [0.5, 0.6) is 0 Å². The molecular weight excluding hydrogens is 308 g/mol.